The molecule has 1 aromatic rings. The molecule has 1 unspecified atom stereocenters. The Labute approximate surface area is 133 Å². The highest BCUT2D eigenvalue weighted by atomic mass is 32.2. The second-order valence-corrected chi connectivity index (χ2v) is 7.40. The predicted molar refractivity (Wildman–Crippen MR) is 85.5 cm³/mol. The number of rotatable bonds is 5. The number of aromatic nitrogens is 4. The van der Waals surface area contributed by atoms with Crippen LogP contribution in [0.3, 0.4) is 0 Å². The molecule has 1 aromatic heterocycles. The molecule has 0 aliphatic carbocycles. The molecule has 0 spiro atoms. The number of thioether (sulfide) groups is 2. The second kappa shape index (κ2) is 8.00. The molecule has 0 bridgehead atoms. The summed E-state index contributed by atoms with van der Waals surface area (Å²) >= 11 is 3.34. The van der Waals surface area contributed by atoms with Gasteiger partial charge in [0.15, 0.2) is 0 Å². The summed E-state index contributed by atoms with van der Waals surface area (Å²) < 4.78 is 1.59. The van der Waals surface area contributed by atoms with Crippen molar-refractivity contribution in [2.75, 3.05) is 44.4 Å². The third kappa shape index (κ3) is 4.86. The van der Waals surface area contributed by atoms with Crippen LogP contribution < -0.4 is 0 Å². The van der Waals surface area contributed by atoms with Gasteiger partial charge in [0.1, 0.15) is 0 Å². The van der Waals surface area contributed by atoms with Crippen molar-refractivity contribution in [3.05, 3.63) is 0 Å². The lowest BCUT2D eigenvalue weighted by atomic mass is 10.2. The first-order valence-electron chi connectivity index (χ1n) is 6.95. The van der Waals surface area contributed by atoms with E-state index in [-0.39, 0.29) is 5.91 Å². The van der Waals surface area contributed by atoms with E-state index in [0.717, 1.165) is 31.0 Å². The van der Waals surface area contributed by atoms with E-state index >= 15 is 0 Å². The average Bonchev–Trinajstić information content (AvgIpc) is 2.70. The Bertz CT molecular complexity index is 466. The van der Waals surface area contributed by atoms with Crippen molar-refractivity contribution in [2.45, 2.75) is 17.6 Å². The Balaban J connectivity index is 1.95. The van der Waals surface area contributed by atoms with Gasteiger partial charge < -0.3 is 9.80 Å². The Morgan fingerprint density at radius 1 is 1.52 bits per heavy atom. The lowest BCUT2D eigenvalue weighted by Crippen LogP contribution is -2.47. The average molecular weight is 330 g/mol. The van der Waals surface area contributed by atoms with Crippen LogP contribution in [0.1, 0.15) is 6.42 Å². The first-order valence-corrected chi connectivity index (χ1v) is 9.09. The summed E-state index contributed by atoms with van der Waals surface area (Å²) in [6.45, 7) is 1.76. The zero-order chi connectivity index (χ0) is 15.2. The first kappa shape index (κ1) is 16.6. The van der Waals surface area contributed by atoms with E-state index in [1.807, 2.05) is 16.7 Å². The number of aryl methyl sites for hydroxylation is 1. The van der Waals surface area contributed by atoms with E-state index in [9.17, 15) is 4.79 Å². The zero-order valence-corrected chi connectivity index (χ0v) is 14.4. The van der Waals surface area contributed by atoms with Gasteiger partial charge in [0.05, 0.1) is 11.8 Å². The van der Waals surface area contributed by atoms with Gasteiger partial charge in [0.2, 0.25) is 11.1 Å². The van der Waals surface area contributed by atoms with E-state index in [0.29, 0.717) is 17.0 Å². The molecule has 1 aliphatic heterocycles. The van der Waals surface area contributed by atoms with Crippen LogP contribution in [0.25, 0.3) is 0 Å². The fraction of sp³-hybridized carbons (Fsp3) is 0.833. The summed E-state index contributed by atoms with van der Waals surface area (Å²) in [7, 11) is 5.89. The van der Waals surface area contributed by atoms with Gasteiger partial charge in [-0.2, -0.15) is 11.8 Å². The molecule has 1 amide bonds. The van der Waals surface area contributed by atoms with Crippen molar-refractivity contribution in [2.24, 2.45) is 7.05 Å². The molecule has 0 saturated carbocycles. The summed E-state index contributed by atoms with van der Waals surface area (Å²) in [6, 6.07) is 0.290. The smallest absolute Gasteiger partial charge is 0.233 e. The van der Waals surface area contributed by atoms with Gasteiger partial charge in [-0.15, -0.1) is 5.10 Å². The van der Waals surface area contributed by atoms with Gasteiger partial charge in [-0.1, -0.05) is 11.8 Å². The molecule has 9 heteroatoms. The van der Waals surface area contributed by atoms with Crippen LogP contribution in [-0.4, -0.2) is 86.4 Å². The topological polar surface area (TPSA) is 67.2 Å². The third-order valence-corrected chi connectivity index (χ3v) is 5.43. The number of carbonyl (C=O) groups is 1. The third-order valence-electron chi connectivity index (χ3n) is 3.24. The van der Waals surface area contributed by atoms with Gasteiger partial charge in [-0.05, 0) is 36.7 Å². The maximum absolute atomic E-state index is 12.5. The number of hydrogen-bond donors (Lipinski definition) is 0. The molecular formula is C12H22N6OS2. The standard InChI is InChI=1S/C12H22N6OS2/c1-16(2)7-10-8-20-6-4-5-18(10)11(19)9-21-12-13-14-15-17(12)3/h10H,4-9H2,1-3H3. The largest absolute Gasteiger partial charge is 0.337 e. The number of amides is 1. The summed E-state index contributed by atoms with van der Waals surface area (Å²) in [5, 5.41) is 11.9. The molecule has 118 valence electrons. The van der Waals surface area contributed by atoms with Crippen molar-refractivity contribution in [3.63, 3.8) is 0 Å². The highest BCUT2D eigenvalue weighted by Crippen LogP contribution is 2.20. The van der Waals surface area contributed by atoms with Crippen molar-refractivity contribution < 1.29 is 4.79 Å². The number of nitrogens with zero attached hydrogens (tertiary/aromatic N) is 6. The van der Waals surface area contributed by atoms with Crippen LogP contribution in [0.5, 0.6) is 0 Å². The number of carbonyl (C=O) groups excluding carboxylic acids is 1. The highest BCUT2D eigenvalue weighted by molar-refractivity contribution is 7.99. The molecule has 21 heavy (non-hydrogen) atoms. The Morgan fingerprint density at radius 3 is 3.00 bits per heavy atom. The van der Waals surface area contributed by atoms with Crippen LogP contribution in [-0.2, 0) is 11.8 Å². The second-order valence-electron chi connectivity index (χ2n) is 5.31. The van der Waals surface area contributed by atoms with Crippen LogP contribution in [0.15, 0.2) is 5.16 Å². The number of tetrazole rings is 1. The molecule has 0 aromatic carbocycles. The summed E-state index contributed by atoms with van der Waals surface area (Å²) in [5.41, 5.74) is 0. The molecule has 7 nitrogen and oxygen atoms in total. The first-order chi connectivity index (χ1) is 10.1. The van der Waals surface area contributed by atoms with Gasteiger partial charge in [-0.25, -0.2) is 4.68 Å². The summed E-state index contributed by atoms with van der Waals surface area (Å²) in [4.78, 5) is 16.7. The van der Waals surface area contributed by atoms with Gasteiger partial charge >= 0.3 is 0 Å². The maximum Gasteiger partial charge on any atom is 0.233 e. The van der Waals surface area contributed by atoms with Crippen LogP contribution in [0, 0.1) is 0 Å². The van der Waals surface area contributed by atoms with Crippen molar-refractivity contribution in [1.82, 2.24) is 30.0 Å². The lowest BCUT2D eigenvalue weighted by molar-refractivity contribution is -0.130. The minimum Gasteiger partial charge on any atom is -0.337 e. The molecule has 1 fully saturated rings. The molecular weight excluding hydrogens is 308 g/mol. The minimum absolute atomic E-state index is 0.178. The van der Waals surface area contributed by atoms with Crippen LogP contribution in [0.4, 0.5) is 0 Å². The number of hydrogen-bond acceptors (Lipinski definition) is 7. The zero-order valence-electron chi connectivity index (χ0n) is 12.7. The lowest BCUT2D eigenvalue weighted by Gasteiger charge is -2.31. The maximum atomic E-state index is 12.5. The molecule has 2 heterocycles. The van der Waals surface area contributed by atoms with Gasteiger partial charge in [0, 0.05) is 25.9 Å². The van der Waals surface area contributed by atoms with Gasteiger partial charge in [0.25, 0.3) is 0 Å². The quantitative estimate of drug-likeness (QED) is 0.714. The van der Waals surface area contributed by atoms with Gasteiger partial charge in [-0.3, -0.25) is 4.79 Å². The fourth-order valence-electron chi connectivity index (χ4n) is 2.28. The van der Waals surface area contributed by atoms with E-state index in [4.69, 9.17) is 0 Å². The van der Waals surface area contributed by atoms with Crippen molar-refractivity contribution in [1.29, 1.82) is 0 Å². The summed E-state index contributed by atoms with van der Waals surface area (Å²) in [5.74, 6) is 2.72. The number of likely N-dealkylation sites (N-methyl/N-ethyl adjacent to an activating group) is 1. The Hall–Kier alpha value is -0.800. The highest BCUT2D eigenvalue weighted by Gasteiger charge is 2.26. The van der Waals surface area contributed by atoms with E-state index < -0.39 is 0 Å². The molecule has 0 radical (unpaired) electrons. The predicted octanol–water partition coefficient (Wildman–Crippen LogP) is 0.198. The minimum atomic E-state index is 0.178. The molecule has 2 rings (SSSR count). The molecule has 1 atom stereocenters. The van der Waals surface area contributed by atoms with E-state index in [1.54, 1.807) is 11.7 Å². The van der Waals surface area contributed by atoms with Crippen molar-refractivity contribution >= 4 is 29.4 Å². The monoisotopic (exact) mass is 330 g/mol. The molecule has 0 N–H and O–H groups in total. The van der Waals surface area contributed by atoms with Crippen molar-refractivity contribution in [3.8, 4) is 0 Å². The van der Waals surface area contributed by atoms with E-state index in [2.05, 4.69) is 34.5 Å². The Kier molecular flexibility index (Phi) is 6.31. The Morgan fingerprint density at radius 2 is 2.33 bits per heavy atom. The summed E-state index contributed by atoms with van der Waals surface area (Å²) in [6.07, 6.45) is 1.07. The normalized spacial score (nSPS) is 19.8. The van der Waals surface area contributed by atoms with Crippen LogP contribution >= 0.6 is 23.5 Å². The molecule has 1 aliphatic rings. The SMILES string of the molecule is CN(C)CC1CSCCCN1C(=O)CSc1nnnn1C. The van der Waals surface area contributed by atoms with E-state index in [1.165, 1.54) is 11.8 Å². The van der Waals surface area contributed by atoms with Crippen LogP contribution in [0.2, 0.25) is 0 Å². The molecule has 1 saturated heterocycles. The fourth-order valence-corrected chi connectivity index (χ4v) is 4.08.